The van der Waals surface area contributed by atoms with Gasteiger partial charge < -0.3 is 10.1 Å². The van der Waals surface area contributed by atoms with Crippen molar-refractivity contribution in [2.24, 2.45) is 0 Å². The Labute approximate surface area is 123 Å². The van der Waals surface area contributed by atoms with Gasteiger partial charge in [-0.2, -0.15) is 0 Å². The molecule has 0 saturated carbocycles. The maximum absolute atomic E-state index is 13.1. The van der Waals surface area contributed by atoms with Gasteiger partial charge in [-0.25, -0.2) is 8.78 Å². The summed E-state index contributed by atoms with van der Waals surface area (Å²) in [4.78, 5) is 4.24. The monoisotopic (exact) mass is 292 g/mol. The number of hydrogen-bond donors (Lipinski definition) is 1. The molecule has 2 rings (SSSR count). The molecular weight excluding hydrogens is 274 g/mol. The fourth-order valence-electron chi connectivity index (χ4n) is 1.65. The molecule has 5 heteroatoms. The van der Waals surface area contributed by atoms with Crippen LogP contribution < -0.4 is 10.1 Å². The van der Waals surface area contributed by atoms with Crippen molar-refractivity contribution in [3.05, 3.63) is 53.9 Å². The fourth-order valence-corrected chi connectivity index (χ4v) is 1.65. The third kappa shape index (κ3) is 4.79. The van der Waals surface area contributed by atoms with E-state index in [0.717, 1.165) is 17.8 Å². The van der Waals surface area contributed by atoms with Crippen molar-refractivity contribution in [3.63, 3.8) is 0 Å². The molecule has 3 nitrogen and oxygen atoms in total. The quantitative estimate of drug-likeness (QED) is 0.923. The molecule has 0 atom stereocenters. The van der Waals surface area contributed by atoms with Gasteiger partial charge in [-0.1, -0.05) is 0 Å². The van der Waals surface area contributed by atoms with E-state index in [9.17, 15) is 8.78 Å². The number of nitrogens with one attached hydrogen (secondary N) is 1. The molecule has 1 heterocycles. The first-order valence-corrected chi connectivity index (χ1v) is 6.66. The summed E-state index contributed by atoms with van der Waals surface area (Å²) in [5.74, 6) is -1.06. The van der Waals surface area contributed by atoms with Gasteiger partial charge in [0.05, 0.1) is 5.69 Å². The average Bonchev–Trinajstić information content (AvgIpc) is 2.40. The zero-order valence-corrected chi connectivity index (χ0v) is 12.3. The number of nitrogens with zero attached hydrogens (tertiary/aromatic N) is 1. The number of aromatic nitrogens is 1. The van der Waals surface area contributed by atoms with Gasteiger partial charge in [0.15, 0.2) is 11.6 Å². The first-order chi connectivity index (χ1) is 9.83. The van der Waals surface area contributed by atoms with E-state index in [-0.39, 0.29) is 11.3 Å². The molecule has 0 spiro atoms. The van der Waals surface area contributed by atoms with Crippen molar-refractivity contribution < 1.29 is 13.5 Å². The summed E-state index contributed by atoms with van der Waals surface area (Å²) in [7, 11) is 0. The molecule has 1 aromatic carbocycles. The Morgan fingerprint density at radius 3 is 2.43 bits per heavy atom. The Bertz CT molecular complexity index is 624. The van der Waals surface area contributed by atoms with E-state index in [1.54, 1.807) is 18.3 Å². The lowest BCUT2D eigenvalue weighted by atomic mass is 10.1. The second kappa shape index (κ2) is 6.18. The van der Waals surface area contributed by atoms with Crippen LogP contribution in [0.5, 0.6) is 11.5 Å². The Balaban J connectivity index is 2.08. The van der Waals surface area contributed by atoms with Gasteiger partial charge in [-0.15, -0.1) is 0 Å². The van der Waals surface area contributed by atoms with Crippen LogP contribution in [0.3, 0.4) is 0 Å². The Morgan fingerprint density at radius 1 is 1.05 bits per heavy atom. The van der Waals surface area contributed by atoms with Crippen LogP contribution >= 0.6 is 0 Å². The first kappa shape index (κ1) is 15.4. The van der Waals surface area contributed by atoms with E-state index < -0.39 is 11.6 Å². The van der Waals surface area contributed by atoms with Crippen LogP contribution in [-0.2, 0) is 6.54 Å². The predicted octanol–water partition coefficient (Wildman–Crippen LogP) is 4.04. The van der Waals surface area contributed by atoms with Crippen LogP contribution in [0.4, 0.5) is 8.78 Å². The lowest BCUT2D eigenvalue weighted by Gasteiger charge is -2.20. The SMILES string of the molecule is CC(C)(C)NCc1cc(Oc2ccc(F)c(F)c2)ccn1. The minimum absolute atomic E-state index is 0.0153. The van der Waals surface area contributed by atoms with Crippen molar-refractivity contribution in [3.8, 4) is 11.5 Å². The third-order valence-electron chi connectivity index (χ3n) is 2.71. The maximum Gasteiger partial charge on any atom is 0.162 e. The molecule has 112 valence electrons. The summed E-state index contributed by atoms with van der Waals surface area (Å²) in [5.41, 5.74) is 0.795. The van der Waals surface area contributed by atoms with E-state index in [1.807, 2.05) is 0 Å². The molecule has 0 saturated heterocycles. The van der Waals surface area contributed by atoms with E-state index in [1.165, 1.54) is 6.07 Å². The Kier molecular flexibility index (Phi) is 4.53. The third-order valence-corrected chi connectivity index (χ3v) is 2.71. The summed E-state index contributed by atoms with van der Waals surface area (Å²) in [6, 6.07) is 6.87. The van der Waals surface area contributed by atoms with Crippen molar-refractivity contribution in [1.29, 1.82) is 0 Å². The van der Waals surface area contributed by atoms with Gasteiger partial charge in [-0.05, 0) is 39.0 Å². The van der Waals surface area contributed by atoms with Crippen molar-refractivity contribution >= 4 is 0 Å². The zero-order chi connectivity index (χ0) is 15.5. The summed E-state index contributed by atoms with van der Waals surface area (Å²) >= 11 is 0. The molecule has 21 heavy (non-hydrogen) atoms. The molecule has 0 unspecified atom stereocenters. The second-order valence-electron chi connectivity index (χ2n) is 5.76. The minimum Gasteiger partial charge on any atom is -0.457 e. The lowest BCUT2D eigenvalue weighted by molar-refractivity contribution is 0.419. The summed E-state index contributed by atoms with van der Waals surface area (Å²) in [6.45, 7) is 6.79. The molecule has 0 aliphatic carbocycles. The Hall–Kier alpha value is -2.01. The zero-order valence-electron chi connectivity index (χ0n) is 12.3. The summed E-state index contributed by atoms with van der Waals surface area (Å²) < 4.78 is 31.5. The van der Waals surface area contributed by atoms with Gasteiger partial charge >= 0.3 is 0 Å². The van der Waals surface area contributed by atoms with Crippen LogP contribution in [0, 0.1) is 11.6 Å². The molecule has 0 amide bonds. The summed E-state index contributed by atoms with van der Waals surface area (Å²) in [6.07, 6.45) is 1.62. The van der Waals surface area contributed by atoms with Crippen LogP contribution in [0.25, 0.3) is 0 Å². The number of rotatable bonds is 4. The van der Waals surface area contributed by atoms with Crippen LogP contribution in [0.15, 0.2) is 36.5 Å². The number of hydrogen-bond acceptors (Lipinski definition) is 3. The predicted molar refractivity (Wildman–Crippen MR) is 77.3 cm³/mol. The first-order valence-electron chi connectivity index (χ1n) is 6.66. The molecule has 1 aromatic heterocycles. The van der Waals surface area contributed by atoms with Crippen molar-refractivity contribution in [1.82, 2.24) is 10.3 Å². The normalized spacial score (nSPS) is 11.5. The van der Waals surface area contributed by atoms with E-state index in [2.05, 4.69) is 31.1 Å². The largest absolute Gasteiger partial charge is 0.457 e. The van der Waals surface area contributed by atoms with Crippen LogP contribution in [-0.4, -0.2) is 10.5 Å². The van der Waals surface area contributed by atoms with Crippen LogP contribution in [0.2, 0.25) is 0 Å². The highest BCUT2D eigenvalue weighted by molar-refractivity contribution is 5.31. The van der Waals surface area contributed by atoms with Gasteiger partial charge in [0.25, 0.3) is 0 Å². The maximum atomic E-state index is 13.1. The standard InChI is InChI=1S/C16H18F2N2O/c1-16(2,3)20-10-11-8-13(6-7-19-11)21-12-4-5-14(17)15(18)9-12/h4-9,20H,10H2,1-3H3. The molecular formula is C16H18F2N2O. The molecule has 2 aromatic rings. The Morgan fingerprint density at radius 2 is 1.76 bits per heavy atom. The topological polar surface area (TPSA) is 34.1 Å². The van der Waals surface area contributed by atoms with E-state index >= 15 is 0 Å². The smallest absolute Gasteiger partial charge is 0.162 e. The number of pyridine rings is 1. The highest BCUT2D eigenvalue weighted by Gasteiger charge is 2.10. The van der Waals surface area contributed by atoms with Gasteiger partial charge in [-0.3, -0.25) is 4.98 Å². The molecule has 0 aliphatic heterocycles. The number of benzene rings is 1. The lowest BCUT2D eigenvalue weighted by Crippen LogP contribution is -2.35. The summed E-state index contributed by atoms with van der Waals surface area (Å²) in [5, 5.41) is 3.32. The molecule has 0 fully saturated rings. The minimum atomic E-state index is -0.934. The van der Waals surface area contributed by atoms with Crippen molar-refractivity contribution in [2.75, 3.05) is 0 Å². The highest BCUT2D eigenvalue weighted by atomic mass is 19.2. The van der Waals surface area contributed by atoms with Gasteiger partial charge in [0, 0.05) is 30.4 Å². The van der Waals surface area contributed by atoms with Gasteiger partial charge in [0.1, 0.15) is 11.5 Å². The number of ether oxygens (including phenoxy) is 1. The number of halogens is 2. The molecule has 0 radical (unpaired) electrons. The molecule has 1 N–H and O–H groups in total. The van der Waals surface area contributed by atoms with Gasteiger partial charge in [0.2, 0.25) is 0 Å². The van der Waals surface area contributed by atoms with E-state index in [0.29, 0.717) is 12.3 Å². The molecule has 0 bridgehead atoms. The fraction of sp³-hybridized carbons (Fsp3) is 0.312. The highest BCUT2D eigenvalue weighted by Crippen LogP contribution is 2.23. The average molecular weight is 292 g/mol. The molecule has 0 aliphatic rings. The van der Waals surface area contributed by atoms with E-state index in [4.69, 9.17) is 4.74 Å². The van der Waals surface area contributed by atoms with Crippen LogP contribution in [0.1, 0.15) is 26.5 Å². The second-order valence-corrected chi connectivity index (χ2v) is 5.76. The van der Waals surface area contributed by atoms with Crippen molar-refractivity contribution in [2.45, 2.75) is 32.9 Å².